The molecule has 3 fully saturated rings. The van der Waals surface area contributed by atoms with Gasteiger partial charge in [-0.25, -0.2) is 15.0 Å². The van der Waals surface area contributed by atoms with Crippen LogP contribution in [0.5, 0.6) is 5.75 Å². The number of anilines is 4. The minimum absolute atomic E-state index is 0.0345. The number of para-hydroxylation sites is 1. The second-order valence-corrected chi connectivity index (χ2v) is 10.9. The van der Waals surface area contributed by atoms with Gasteiger partial charge in [0.2, 0.25) is 5.91 Å². The molecule has 1 amide bonds. The Hall–Kier alpha value is -4.73. The summed E-state index contributed by atoms with van der Waals surface area (Å²) in [4.78, 5) is 42.7. The summed E-state index contributed by atoms with van der Waals surface area (Å²) in [5.74, 6) is 0.646. The molecule has 0 spiro atoms. The number of carbonyl (C=O) groups excluding carboxylic acids is 2. The van der Waals surface area contributed by atoms with Crippen molar-refractivity contribution in [2.24, 2.45) is 23.0 Å². The summed E-state index contributed by atoms with van der Waals surface area (Å²) < 4.78 is 5.71. The maximum atomic E-state index is 12.6. The van der Waals surface area contributed by atoms with Gasteiger partial charge in [-0.3, -0.25) is 14.5 Å². The number of benzene rings is 2. The molecule has 3 unspecified atom stereocenters. The number of esters is 1. The molecule has 3 aliphatic rings. The van der Waals surface area contributed by atoms with E-state index in [1.165, 1.54) is 6.33 Å². The molecular formula is C30H28N6O4. The van der Waals surface area contributed by atoms with Gasteiger partial charge in [0.05, 0.1) is 23.3 Å². The van der Waals surface area contributed by atoms with Crippen molar-refractivity contribution in [2.45, 2.75) is 25.9 Å². The number of nitrogens with zero attached hydrogens (tertiary/aromatic N) is 5. The largest absolute Gasteiger partial charge is 0.508 e. The topological polar surface area (TPSA) is 135 Å². The second kappa shape index (κ2) is 8.90. The molecule has 3 N–H and O–H groups in total. The lowest BCUT2D eigenvalue weighted by atomic mass is 10.1. The number of aryl methyl sites for hydroxylation is 1. The summed E-state index contributed by atoms with van der Waals surface area (Å²) in [6, 6.07) is 17.0. The highest BCUT2D eigenvalue weighted by molar-refractivity contribution is 5.96. The number of carbonyl (C=O) groups is 2. The lowest BCUT2D eigenvalue weighted by molar-refractivity contribution is -0.148. The third kappa shape index (κ3) is 3.82. The Morgan fingerprint density at radius 1 is 1.10 bits per heavy atom. The maximum absolute atomic E-state index is 12.6. The molecule has 40 heavy (non-hydrogen) atoms. The van der Waals surface area contributed by atoms with Crippen molar-refractivity contribution in [1.82, 2.24) is 15.0 Å². The molecule has 2 aromatic heterocycles. The predicted molar refractivity (Wildman–Crippen MR) is 148 cm³/mol. The second-order valence-electron chi connectivity index (χ2n) is 10.9. The van der Waals surface area contributed by atoms with Gasteiger partial charge in [0.25, 0.3) is 0 Å². The number of piperidine rings is 1. The Bertz CT molecular complexity index is 1660. The van der Waals surface area contributed by atoms with E-state index in [1.807, 2.05) is 59.2 Å². The molecular weight excluding hydrogens is 508 g/mol. The van der Waals surface area contributed by atoms with E-state index in [-0.39, 0.29) is 23.6 Å². The number of aromatic hydroxyl groups is 1. The quantitative estimate of drug-likeness (QED) is 0.339. The van der Waals surface area contributed by atoms with Gasteiger partial charge in [-0.1, -0.05) is 18.2 Å². The van der Waals surface area contributed by atoms with Crippen molar-refractivity contribution < 1.29 is 19.4 Å². The lowest BCUT2D eigenvalue weighted by Gasteiger charge is -2.27. The van der Waals surface area contributed by atoms with Crippen molar-refractivity contribution in [2.75, 3.05) is 22.9 Å². The van der Waals surface area contributed by atoms with Crippen LogP contribution in [0.25, 0.3) is 10.9 Å². The summed E-state index contributed by atoms with van der Waals surface area (Å²) in [5.41, 5.74) is 8.26. The maximum Gasteiger partial charge on any atom is 0.309 e. The lowest BCUT2D eigenvalue weighted by Crippen LogP contribution is -2.38. The number of hydrogen-bond acceptors (Lipinski definition) is 9. The third-order valence-electron chi connectivity index (χ3n) is 8.37. The molecule has 2 saturated carbocycles. The molecule has 4 aromatic rings. The van der Waals surface area contributed by atoms with Gasteiger partial charge in [-0.15, -0.1) is 0 Å². The third-order valence-corrected chi connectivity index (χ3v) is 8.37. The zero-order valence-electron chi connectivity index (χ0n) is 21.9. The number of phenolic OH excluding ortho intramolecular Hbond substituents is 1. The number of fused-ring (bicyclic) bond motifs is 2. The van der Waals surface area contributed by atoms with Crippen LogP contribution in [-0.2, 0) is 14.3 Å². The standard InChI is InChI=1S/C30H28N6O4/c1-17-11-20(37)9-10-24(17)36(19-5-3-2-4-6-19)27-21-12-25(32-13-23(21)33-16-34-27)35-14-22-26(30(22,15-35)29(31)39)40-28(38)18-7-8-18/h2-6,9-13,16,18,22,26,37H,7-8,14-15H2,1H3,(H2,31,39). The van der Waals surface area contributed by atoms with E-state index in [4.69, 9.17) is 15.5 Å². The van der Waals surface area contributed by atoms with E-state index in [0.717, 1.165) is 35.2 Å². The van der Waals surface area contributed by atoms with Gasteiger partial charge in [0.1, 0.15) is 35.2 Å². The molecule has 2 aromatic carbocycles. The first-order valence-corrected chi connectivity index (χ1v) is 13.4. The Kier molecular flexibility index (Phi) is 5.41. The van der Waals surface area contributed by atoms with E-state index in [9.17, 15) is 14.7 Å². The van der Waals surface area contributed by atoms with E-state index in [2.05, 4.69) is 9.97 Å². The molecule has 3 heterocycles. The average Bonchev–Trinajstić information content (AvgIpc) is 3.86. The molecule has 1 aliphatic heterocycles. The fourth-order valence-corrected chi connectivity index (χ4v) is 6.00. The number of rotatable bonds is 7. The van der Waals surface area contributed by atoms with E-state index in [1.54, 1.807) is 18.3 Å². The highest BCUT2D eigenvalue weighted by Crippen LogP contribution is 2.60. The van der Waals surface area contributed by atoms with Crippen LogP contribution in [0.3, 0.4) is 0 Å². The zero-order valence-corrected chi connectivity index (χ0v) is 21.9. The van der Waals surface area contributed by atoms with Gasteiger partial charge < -0.3 is 20.5 Å². The number of pyridine rings is 1. The van der Waals surface area contributed by atoms with E-state index < -0.39 is 17.4 Å². The van der Waals surface area contributed by atoms with Crippen molar-refractivity contribution in [3.8, 4) is 5.75 Å². The Morgan fingerprint density at radius 3 is 2.60 bits per heavy atom. The number of hydrogen-bond donors (Lipinski definition) is 2. The van der Waals surface area contributed by atoms with Crippen LogP contribution in [0.4, 0.5) is 23.0 Å². The van der Waals surface area contributed by atoms with Crippen molar-refractivity contribution in [1.29, 1.82) is 0 Å². The van der Waals surface area contributed by atoms with Gasteiger partial charge in [0.15, 0.2) is 0 Å². The highest BCUT2D eigenvalue weighted by atomic mass is 16.6. The number of primary amides is 1. The fourth-order valence-electron chi connectivity index (χ4n) is 6.00. The van der Waals surface area contributed by atoms with Gasteiger partial charge in [0, 0.05) is 30.1 Å². The number of amides is 1. The molecule has 202 valence electrons. The van der Waals surface area contributed by atoms with Crippen LogP contribution in [-0.4, -0.2) is 51.1 Å². The zero-order chi connectivity index (χ0) is 27.6. The van der Waals surface area contributed by atoms with Crippen molar-refractivity contribution in [3.05, 3.63) is 72.7 Å². The van der Waals surface area contributed by atoms with Gasteiger partial charge in [-0.2, -0.15) is 0 Å². The summed E-state index contributed by atoms with van der Waals surface area (Å²) in [7, 11) is 0. The minimum Gasteiger partial charge on any atom is -0.508 e. The molecule has 1 saturated heterocycles. The first kappa shape index (κ1) is 24.3. The Balaban J connectivity index is 1.26. The first-order valence-electron chi connectivity index (χ1n) is 13.4. The highest BCUT2D eigenvalue weighted by Gasteiger charge is 2.76. The van der Waals surface area contributed by atoms with E-state index in [0.29, 0.717) is 30.2 Å². The summed E-state index contributed by atoms with van der Waals surface area (Å²) in [5, 5.41) is 10.8. The molecule has 2 aliphatic carbocycles. The molecule has 0 bridgehead atoms. The number of nitrogens with two attached hydrogens (primary N) is 1. The summed E-state index contributed by atoms with van der Waals surface area (Å²) in [6.45, 7) is 2.77. The molecule has 3 atom stereocenters. The molecule has 10 nitrogen and oxygen atoms in total. The monoisotopic (exact) mass is 536 g/mol. The molecule has 0 radical (unpaired) electrons. The SMILES string of the molecule is Cc1cc(O)ccc1N(c1ccccc1)c1ncnc2cnc(N3CC4C(OC(=O)C5CC5)C4(C(N)=O)C3)cc12. The van der Waals surface area contributed by atoms with Crippen LogP contribution in [0, 0.1) is 24.2 Å². The van der Waals surface area contributed by atoms with Crippen LogP contribution in [0.1, 0.15) is 18.4 Å². The Labute approximate surface area is 230 Å². The minimum atomic E-state index is -0.892. The predicted octanol–water partition coefficient (Wildman–Crippen LogP) is 3.75. The van der Waals surface area contributed by atoms with Crippen LogP contribution in [0.15, 0.2) is 67.1 Å². The van der Waals surface area contributed by atoms with Crippen LogP contribution >= 0.6 is 0 Å². The Morgan fingerprint density at radius 2 is 1.90 bits per heavy atom. The van der Waals surface area contributed by atoms with Crippen LogP contribution in [0.2, 0.25) is 0 Å². The van der Waals surface area contributed by atoms with Crippen LogP contribution < -0.4 is 15.5 Å². The summed E-state index contributed by atoms with van der Waals surface area (Å²) >= 11 is 0. The van der Waals surface area contributed by atoms with Gasteiger partial charge in [-0.05, 0) is 61.7 Å². The molecule has 7 rings (SSSR count). The first-order chi connectivity index (χ1) is 19.4. The molecule has 10 heteroatoms. The normalized spacial score (nSPS) is 23.1. The van der Waals surface area contributed by atoms with Gasteiger partial charge >= 0.3 is 5.97 Å². The number of phenols is 1. The smallest absolute Gasteiger partial charge is 0.309 e. The number of aromatic nitrogens is 3. The number of ether oxygens (including phenoxy) is 1. The van der Waals surface area contributed by atoms with Crippen molar-refractivity contribution >= 4 is 45.8 Å². The summed E-state index contributed by atoms with van der Waals surface area (Å²) in [6.07, 6.45) is 4.44. The van der Waals surface area contributed by atoms with Crippen molar-refractivity contribution in [3.63, 3.8) is 0 Å². The fraction of sp³-hybridized carbons (Fsp3) is 0.300. The van der Waals surface area contributed by atoms with E-state index >= 15 is 0 Å². The average molecular weight is 537 g/mol.